The number of aliphatic carboxylic acids is 1. The second-order valence-corrected chi connectivity index (χ2v) is 4.51. The molecule has 0 aliphatic heterocycles. The SMILES string of the molecule is NC(CCC/C=N/Nc1ccc([N+](=O)[O-])cc1[N+](=O)[O-])C(=O)O. The van der Waals surface area contributed by atoms with E-state index in [2.05, 4.69) is 10.5 Å². The fourth-order valence-electron chi connectivity index (χ4n) is 1.61. The van der Waals surface area contributed by atoms with Crippen molar-refractivity contribution in [3.8, 4) is 0 Å². The van der Waals surface area contributed by atoms with Crippen molar-refractivity contribution in [2.24, 2.45) is 10.8 Å². The van der Waals surface area contributed by atoms with Crippen molar-refractivity contribution < 1.29 is 19.7 Å². The number of carbonyl (C=O) groups is 1. The van der Waals surface area contributed by atoms with Crippen LogP contribution in [0.1, 0.15) is 19.3 Å². The number of nitrogens with zero attached hydrogens (tertiary/aromatic N) is 3. The van der Waals surface area contributed by atoms with E-state index in [0.717, 1.165) is 12.1 Å². The number of hydrogen-bond donors (Lipinski definition) is 3. The first-order valence-corrected chi connectivity index (χ1v) is 6.51. The molecule has 0 aliphatic carbocycles. The molecule has 11 nitrogen and oxygen atoms in total. The minimum absolute atomic E-state index is 0.0130. The van der Waals surface area contributed by atoms with Gasteiger partial charge in [0.2, 0.25) is 0 Å². The second kappa shape index (κ2) is 8.38. The van der Waals surface area contributed by atoms with Crippen LogP contribution in [0, 0.1) is 20.2 Å². The first-order valence-electron chi connectivity index (χ1n) is 6.51. The predicted molar refractivity (Wildman–Crippen MR) is 81.3 cm³/mol. The number of unbranched alkanes of at least 4 members (excludes halogenated alkanes) is 1. The summed E-state index contributed by atoms with van der Waals surface area (Å²) >= 11 is 0. The van der Waals surface area contributed by atoms with Gasteiger partial charge < -0.3 is 10.8 Å². The number of hydrazone groups is 1. The van der Waals surface area contributed by atoms with Crippen molar-refractivity contribution in [1.29, 1.82) is 0 Å². The van der Waals surface area contributed by atoms with Crippen molar-refractivity contribution in [2.75, 3.05) is 5.43 Å². The summed E-state index contributed by atoms with van der Waals surface area (Å²) in [5.74, 6) is -1.08. The van der Waals surface area contributed by atoms with E-state index in [1.165, 1.54) is 12.3 Å². The predicted octanol–water partition coefficient (Wildman–Crippen LogP) is 1.48. The van der Waals surface area contributed by atoms with Crippen molar-refractivity contribution in [3.05, 3.63) is 38.4 Å². The number of carboxylic acids is 1. The summed E-state index contributed by atoms with van der Waals surface area (Å²) in [5.41, 5.74) is 6.90. The third-order valence-electron chi connectivity index (χ3n) is 2.83. The normalized spacial score (nSPS) is 12.0. The molecule has 0 aromatic heterocycles. The lowest BCUT2D eigenvalue weighted by Crippen LogP contribution is -2.29. The van der Waals surface area contributed by atoms with Gasteiger partial charge >= 0.3 is 11.7 Å². The number of nitro benzene ring substituents is 2. The number of nitro groups is 2. The maximum atomic E-state index is 10.9. The zero-order valence-electron chi connectivity index (χ0n) is 11.9. The van der Waals surface area contributed by atoms with Gasteiger partial charge in [0.15, 0.2) is 0 Å². The quantitative estimate of drug-likeness (QED) is 0.265. The molecule has 0 bridgehead atoms. The van der Waals surface area contributed by atoms with E-state index in [-0.39, 0.29) is 12.1 Å². The van der Waals surface area contributed by atoms with Gasteiger partial charge in [0.25, 0.3) is 5.69 Å². The molecule has 0 radical (unpaired) electrons. The smallest absolute Gasteiger partial charge is 0.320 e. The number of nitrogens with one attached hydrogen (secondary N) is 1. The lowest BCUT2D eigenvalue weighted by Gasteiger charge is -2.04. The molecule has 4 N–H and O–H groups in total. The van der Waals surface area contributed by atoms with Crippen LogP contribution in [0.3, 0.4) is 0 Å². The average Bonchev–Trinajstić information content (AvgIpc) is 2.49. The van der Waals surface area contributed by atoms with Crippen LogP contribution in [0.25, 0.3) is 0 Å². The molecule has 1 aromatic carbocycles. The average molecular weight is 325 g/mol. The van der Waals surface area contributed by atoms with Gasteiger partial charge in [-0.2, -0.15) is 5.10 Å². The fourth-order valence-corrected chi connectivity index (χ4v) is 1.61. The number of anilines is 1. The number of benzene rings is 1. The summed E-state index contributed by atoms with van der Waals surface area (Å²) < 4.78 is 0. The number of non-ortho nitro benzene ring substituents is 1. The van der Waals surface area contributed by atoms with Gasteiger partial charge in [0.1, 0.15) is 11.7 Å². The Morgan fingerprint density at radius 2 is 2.09 bits per heavy atom. The standard InChI is InChI=1S/C12H15N5O6/c13-9(12(18)19)3-1-2-6-14-15-10-5-4-8(16(20)21)7-11(10)17(22)23/h4-7,9,15H,1-3,13H2,(H,18,19)/b14-6+. The minimum atomic E-state index is -1.08. The third kappa shape index (κ3) is 5.67. The highest BCUT2D eigenvalue weighted by Crippen LogP contribution is 2.28. The van der Waals surface area contributed by atoms with E-state index in [0.29, 0.717) is 12.8 Å². The summed E-state index contributed by atoms with van der Waals surface area (Å²) in [6.45, 7) is 0. The molecule has 1 aromatic rings. The molecule has 0 aliphatic rings. The molecule has 0 saturated heterocycles. The van der Waals surface area contributed by atoms with Gasteiger partial charge in [-0.1, -0.05) is 0 Å². The molecular formula is C12H15N5O6. The Morgan fingerprint density at radius 1 is 1.39 bits per heavy atom. The van der Waals surface area contributed by atoms with Gasteiger partial charge in [-0.25, -0.2) is 0 Å². The third-order valence-corrected chi connectivity index (χ3v) is 2.83. The molecule has 124 valence electrons. The van der Waals surface area contributed by atoms with E-state index in [4.69, 9.17) is 10.8 Å². The van der Waals surface area contributed by atoms with E-state index in [9.17, 15) is 25.0 Å². The molecule has 0 saturated carbocycles. The number of carboxylic acid groups (broad SMARTS) is 1. The maximum absolute atomic E-state index is 10.9. The Labute approximate surface area is 130 Å². The molecule has 1 rings (SSSR count). The van der Waals surface area contributed by atoms with Gasteiger partial charge in [-0.15, -0.1) is 0 Å². The van der Waals surface area contributed by atoms with E-state index >= 15 is 0 Å². The van der Waals surface area contributed by atoms with Crippen LogP contribution < -0.4 is 11.2 Å². The van der Waals surface area contributed by atoms with Gasteiger partial charge in [-0.3, -0.25) is 30.4 Å². The fraction of sp³-hybridized carbons (Fsp3) is 0.333. The second-order valence-electron chi connectivity index (χ2n) is 4.51. The summed E-state index contributed by atoms with van der Waals surface area (Å²) in [6.07, 6.45) is 2.61. The zero-order valence-corrected chi connectivity index (χ0v) is 11.9. The number of hydrogen-bond acceptors (Lipinski definition) is 8. The maximum Gasteiger partial charge on any atom is 0.320 e. The van der Waals surface area contributed by atoms with E-state index < -0.39 is 33.2 Å². The Bertz CT molecular complexity index is 632. The van der Waals surface area contributed by atoms with E-state index in [1.54, 1.807) is 0 Å². The summed E-state index contributed by atoms with van der Waals surface area (Å²) in [7, 11) is 0. The largest absolute Gasteiger partial charge is 0.480 e. The lowest BCUT2D eigenvalue weighted by molar-refractivity contribution is -0.393. The number of nitrogens with two attached hydrogens (primary N) is 1. The first kappa shape index (κ1) is 18.0. The highest BCUT2D eigenvalue weighted by atomic mass is 16.6. The van der Waals surface area contributed by atoms with Crippen molar-refractivity contribution in [3.63, 3.8) is 0 Å². The van der Waals surface area contributed by atoms with Crippen molar-refractivity contribution >= 4 is 29.2 Å². The molecular weight excluding hydrogens is 310 g/mol. The highest BCUT2D eigenvalue weighted by Gasteiger charge is 2.19. The monoisotopic (exact) mass is 325 g/mol. The van der Waals surface area contributed by atoms with Crippen LogP contribution in [0.15, 0.2) is 23.3 Å². The van der Waals surface area contributed by atoms with Gasteiger partial charge in [-0.05, 0) is 25.3 Å². The molecule has 1 unspecified atom stereocenters. The van der Waals surface area contributed by atoms with Crippen molar-refractivity contribution in [1.82, 2.24) is 0 Å². The molecule has 0 spiro atoms. The Kier molecular flexibility index (Phi) is 6.55. The van der Waals surface area contributed by atoms with Gasteiger partial charge in [0, 0.05) is 12.3 Å². The molecule has 11 heteroatoms. The first-order chi connectivity index (χ1) is 10.8. The molecule has 0 amide bonds. The summed E-state index contributed by atoms with van der Waals surface area (Å²) in [6, 6.07) is 2.21. The highest BCUT2D eigenvalue weighted by molar-refractivity contribution is 5.73. The summed E-state index contributed by atoms with van der Waals surface area (Å²) in [4.78, 5) is 30.5. The summed E-state index contributed by atoms with van der Waals surface area (Å²) in [5, 5.41) is 33.9. The molecule has 1 atom stereocenters. The van der Waals surface area contributed by atoms with Gasteiger partial charge in [0.05, 0.1) is 15.9 Å². The van der Waals surface area contributed by atoms with Crippen LogP contribution in [-0.4, -0.2) is 33.2 Å². The topological polar surface area (TPSA) is 174 Å². The lowest BCUT2D eigenvalue weighted by atomic mass is 10.1. The Balaban J connectivity index is 2.60. The Morgan fingerprint density at radius 3 is 2.65 bits per heavy atom. The van der Waals surface area contributed by atoms with Crippen LogP contribution >= 0.6 is 0 Å². The molecule has 0 fully saturated rings. The zero-order chi connectivity index (χ0) is 17.4. The van der Waals surface area contributed by atoms with Crippen LogP contribution in [-0.2, 0) is 4.79 Å². The van der Waals surface area contributed by atoms with Crippen LogP contribution in [0.4, 0.5) is 17.1 Å². The molecule has 0 heterocycles. The number of rotatable bonds is 9. The van der Waals surface area contributed by atoms with Crippen LogP contribution in [0.5, 0.6) is 0 Å². The van der Waals surface area contributed by atoms with E-state index in [1.807, 2.05) is 0 Å². The van der Waals surface area contributed by atoms with Crippen LogP contribution in [0.2, 0.25) is 0 Å². The Hall–Kier alpha value is -3.08. The minimum Gasteiger partial charge on any atom is -0.480 e. The van der Waals surface area contributed by atoms with Crippen molar-refractivity contribution in [2.45, 2.75) is 25.3 Å². The molecule has 23 heavy (non-hydrogen) atoms.